The molecule has 1 aliphatic rings. The van der Waals surface area contributed by atoms with E-state index >= 15 is 0 Å². The summed E-state index contributed by atoms with van der Waals surface area (Å²) in [4.78, 5) is 27.5. The fraction of sp³-hybridized carbons (Fsp3) is 0.613. The van der Waals surface area contributed by atoms with Crippen LogP contribution in [0.2, 0.25) is 0 Å². The Balaban J connectivity index is 3.58. The van der Waals surface area contributed by atoms with E-state index in [0.29, 0.717) is 5.92 Å². The summed E-state index contributed by atoms with van der Waals surface area (Å²) < 4.78 is 0. The third-order valence-electron chi connectivity index (χ3n) is 6.65. The van der Waals surface area contributed by atoms with Crippen molar-refractivity contribution >= 4 is 11.6 Å². The summed E-state index contributed by atoms with van der Waals surface area (Å²) in [6, 6.07) is 0. The molecule has 0 aromatic heterocycles. The van der Waals surface area contributed by atoms with Gasteiger partial charge < -0.3 is 10.2 Å². The Hall–Kier alpha value is -2.36. The molecule has 0 aliphatic heterocycles. The van der Waals surface area contributed by atoms with Crippen molar-refractivity contribution in [3.8, 4) is 0 Å². The molecule has 1 aliphatic carbocycles. The van der Waals surface area contributed by atoms with E-state index in [9.17, 15) is 19.8 Å². The number of hydrogen-bond donors (Lipinski definition) is 2. The molecule has 1 atom stereocenters. The molecular formula is C31H48O4. The zero-order valence-electron chi connectivity index (χ0n) is 23.5. The lowest BCUT2D eigenvalue weighted by Gasteiger charge is -2.36. The van der Waals surface area contributed by atoms with Crippen LogP contribution in [0.25, 0.3) is 0 Å². The quantitative estimate of drug-likeness (QED) is 0.202. The van der Waals surface area contributed by atoms with Crippen LogP contribution in [0, 0.1) is 17.3 Å². The van der Waals surface area contributed by atoms with Gasteiger partial charge in [-0.2, -0.15) is 0 Å². The van der Waals surface area contributed by atoms with Gasteiger partial charge in [-0.1, -0.05) is 75.0 Å². The second-order valence-electron chi connectivity index (χ2n) is 11.5. The predicted molar refractivity (Wildman–Crippen MR) is 146 cm³/mol. The van der Waals surface area contributed by atoms with Crippen LogP contribution in [0.3, 0.4) is 0 Å². The Bertz CT molecular complexity index is 905. The highest BCUT2D eigenvalue weighted by Crippen LogP contribution is 2.47. The van der Waals surface area contributed by atoms with Gasteiger partial charge in [0.2, 0.25) is 0 Å². The number of aliphatic hydroxyl groups is 2. The molecule has 196 valence electrons. The normalized spacial score (nSPS) is 16.3. The number of aliphatic hydroxyl groups excluding tert-OH is 2. The van der Waals surface area contributed by atoms with Crippen molar-refractivity contribution in [1.82, 2.24) is 0 Å². The maximum Gasteiger partial charge on any atom is 0.184 e. The first-order valence-electron chi connectivity index (χ1n) is 13.1. The third kappa shape index (κ3) is 8.66. The highest BCUT2D eigenvalue weighted by atomic mass is 16.3. The number of ketones is 2. The van der Waals surface area contributed by atoms with Gasteiger partial charge in [-0.25, -0.2) is 0 Å². The van der Waals surface area contributed by atoms with Gasteiger partial charge in [0.25, 0.3) is 0 Å². The fourth-order valence-corrected chi connectivity index (χ4v) is 4.38. The molecule has 0 saturated carbocycles. The lowest BCUT2D eigenvalue weighted by molar-refractivity contribution is -0.128. The Morgan fingerprint density at radius 2 is 1.37 bits per heavy atom. The van der Waals surface area contributed by atoms with Gasteiger partial charge in [0, 0.05) is 12.0 Å². The molecule has 0 spiro atoms. The van der Waals surface area contributed by atoms with Crippen molar-refractivity contribution in [2.45, 2.75) is 107 Å². The minimum atomic E-state index is -1.29. The molecule has 1 rings (SSSR count). The highest BCUT2D eigenvalue weighted by Gasteiger charge is 2.50. The SMILES string of the molecule is CC(C)=CCC1=C(O)C(CC=C(C)C)(CC=C(C)C)C(=O)C(C(=O)CC(C)CCCC(C)C)=C1O. The predicted octanol–water partition coefficient (Wildman–Crippen LogP) is 8.67. The first kappa shape index (κ1) is 30.7. The molecule has 4 heteroatoms. The lowest BCUT2D eigenvalue weighted by atomic mass is 9.66. The summed E-state index contributed by atoms with van der Waals surface area (Å²) in [5, 5.41) is 22.6. The van der Waals surface area contributed by atoms with Crippen molar-refractivity contribution in [3.63, 3.8) is 0 Å². The molecule has 35 heavy (non-hydrogen) atoms. The number of Topliss-reactive ketones (excluding diaryl/α,β-unsaturated/α-hetero) is 2. The van der Waals surface area contributed by atoms with Crippen molar-refractivity contribution in [2.75, 3.05) is 0 Å². The molecule has 4 nitrogen and oxygen atoms in total. The summed E-state index contributed by atoms with van der Waals surface area (Å²) in [5.74, 6) is -0.544. The molecule has 0 aromatic carbocycles. The van der Waals surface area contributed by atoms with E-state index in [0.717, 1.165) is 36.0 Å². The fourth-order valence-electron chi connectivity index (χ4n) is 4.38. The van der Waals surface area contributed by atoms with Gasteiger partial charge >= 0.3 is 0 Å². The van der Waals surface area contributed by atoms with Crippen LogP contribution >= 0.6 is 0 Å². The number of hydrogen-bond acceptors (Lipinski definition) is 4. The Kier molecular flexibility index (Phi) is 12.0. The van der Waals surface area contributed by atoms with Gasteiger partial charge in [0.05, 0.1) is 5.41 Å². The monoisotopic (exact) mass is 484 g/mol. The van der Waals surface area contributed by atoms with Gasteiger partial charge in [0.1, 0.15) is 17.1 Å². The van der Waals surface area contributed by atoms with E-state index in [1.807, 2.05) is 66.7 Å². The first-order valence-corrected chi connectivity index (χ1v) is 13.1. The first-order chi connectivity index (χ1) is 16.2. The average molecular weight is 485 g/mol. The molecule has 0 radical (unpaired) electrons. The van der Waals surface area contributed by atoms with Crippen LogP contribution in [0.15, 0.2) is 57.6 Å². The zero-order chi connectivity index (χ0) is 26.9. The van der Waals surface area contributed by atoms with Gasteiger partial charge in [-0.05, 0) is 72.6 Å². The van der Waals surface area contributed by atoms with Gasteiger partial charge in [0.15, 0.2) is 11.6 Å². The minimum absolute atomic E-state index is 0.111. The summed E-state index contributed by atoms with van der Waals surface area (Å²) in [5.41, 5.74) is 1.93. The molecule has 0 aromatic rings. The van der Waals surface area contributed by atoms with Gasteiger partial charge in [-0.3, -0.25) is 9.59 Å². The minimum Gasteiger partial charge on any atom is -0.511 e. The average Bonchev–Trinajstić information content (AvgIpc) is 2.72. The van der Waals surface area contributed by atoms with Crippen molar-refractivity contribution in [3.05, 3.63) is 57.6 Å². The highest BCUT2D eigenvalue weighted by molar-refractivity contribution is 6.24. The van der Waals surface area contributed by atoms with E-state index < -0.39 is 11.2 Å². The molecule has 0 amide bonds. The maximum atomic E-state index is 14.0. The van der Waals surface area contributed by atoms with Crippen molar-refractivity contribution in [1.29, 1.82) is 0 Å². The second kappa shape index (κ2) is 13.7. The lowest BCUT2D eigenvalue weighted by Crippen LogP contribution is -2.41. The third-order valence-corrected chi connectivity index (χ3v) is 6.65. The number of carbonyl (C=O) groups is 2. The molecular weight excluding hydrogens is 436 g/mol. The number of rotatable bonds is 13. The van der Waals surface area contributed by atoms with Crippen LogP contribution in [-0.4, -0.2) is 21.8 Å². The Morgan fingerprint density at radius 3 is 1.83 bits per heavy atom. The van der Waals surface area contributed by atoms with Crippen molar-refractivity contribution < 1.29 is 19.8 Å². The largest absolute Gasteiger partial charge is 0.511 e. The number of carbonyl (C=O) groups excluding carboxylic acids is 2. The standard InChI is InChI=1S/C31H48O4/c1-20(2)11-10-12-24(9)19-26(32)27-28(33)25(14-13-21(3)4)29(34)31(30(27)35,17-15-22(5)6)18-16-23(7)8/h13,15-16,20,24,33-34H,10-12,14,17-19H2,1-9H3. The Labute approximate surface area is 213 Å². The molecule has 0 saturated heterocycles. The van der Waals surface area contributed by atoms with E-state index in [1.165, 1.54) is 0 Å². The van der Waals surface area contributed by atoms with Crippen LogP contribution in [0.1, 0.15) is 107 Å². The molecule has 2 N–H and O–H groups in total. The van der Waals surface area contributed by atoms with E-state index in [1.54, 1.807) is 0 Å². The summed E-state index contributed by atoms with van der Waals surface area (Å²) >= 11 is 0. The van der Waals surface area contributed by atoms with Crippen LogP contribution in [0.4, 0.5) is 0 Å². The van der Waals surface area contributed by atoms with Crippen LogP contribution in [-0.2, 0) is 9.59 Å². The van der Waals surface area contributed by atoms with Crippen LogP contribution in [0.5, 0.6) is 0 Å². The van der Waals surface area contributed by atoms with E-state index in [2.05, 4.69) is 13.8 Å². The van der Waals surface area contributed by atoms with Crippen molar-refractivity contribution in [2.24, 2.45) is 17.3 Å². The number of allylic oxidation sites excluding steroid dienone is 9. The smallest absolute Gasteiger partial charge is 0.184 e. The topological polar surface area (TPSA) is 74.6 Å². The Morgan fingerprint density at radius 1 is 0.857 bits per heavy atom. The van der Waals surface area contributed by atoms with Crippen LogP contribution < -0.4 is 0 Å². The molecule has 0 heterocycles. The van der Waals surface area contributed by atoms with Gasteiger partial charge in [-0.15, -0.1) is 0 Å². The summed E-state index contributed by atoms with van der Waals surface area (Å²) in [7, 11) is 0. The second-order valence-corrected chi connectivity index (χ2v) is 11.5. The zero-order valence-corrected chi connectivity index (χ0v) is 23.5. The van der Waals surface area contributed by atoms with E-state index in [-0.39, 0.29) is 60.0 Å². The maximum absolute atomic E-state index is 14.0. The summed E-state index contributed by atoms with van der Waals surface area (Å²) in [6.07, 6.45) is 9.83. The molecule has 0 bridgehead atoms. The van der Waals surface area contributed by atoms with E-state index in [4.69, 9.17) is 0 Å². The molecule has 1 unspecified atom stereocenters. The molecule has 0 fully saturated rings. The summed E-state index contributed by atoms with van der Waals surface area (Å²) in [6.45, 7) is 18.1.